The van der Waals surface area contributed by atoms with Crippen LogP contribution in [0.1, 0.15) is 36.0 Å². The standard InChI is InChI=1S/C14H17F3N2O2/c1-19(10-4-2-3-5-10)13(20)9-6-7-12(11(18)8-9)21-14(15,16)17/h6-8,10H,2-5,18H2,1H3. The third-order valence-corrected chi connectivity index (χ3v) is 3.68. The number of rotatable bonds is 3. The zero-order valence-corrected chi connectivity index (χ0v) is 11.6. The Hall–Kier alpha value is -1.92. The van der Waals surface area contributed by atoms with Gasteiger partial charge in [-0.1, -0.05) is 12.8 Å². The van der Waals surface area contributed by atoms with E-state index in [-0.39, 0.29) is 23.2 Å². The molecule has 116 valence electrons. The molecular formula is C14H17F3N2O2. The predicted molar refractivity (Wildman–Crippen MR) is 71.9 cm³/mol. The molecule has 0 radical (unpaired) electrons. The summed E-state index contributed by atoms with van der Waals surface area (Å²) in [5.74, 6) is -0.741. The van der Waals surface area contributed by atoms with Crippen LogP contribution in [0, 0.1) is 0 Å². The summed E-state index contributed by atoms with van der Waals surface area (Å²) in [4.78, 5) is 13.9. The van der Waals surface area contributed by atoms with Crippen molar-refractivity contribution in [3.8, 4) is 5.75 Å². The van der Waals surface area contributed by atoms with Gasteiger partial charge in [-0.25, -0.2) is 0 Å². The van der Waals surface area contributed by atoms with Gasteiger partial charge in [-0.15, -0.1) is 13.2 Å². The second-order valence-corrected chi connectivity index (χ2v) is 5.15. The van der Waals surface area contributed by atoms with Gasteiger partial charge >= 0.3 is 6.36 Å². The molecule has 1 saturated carbocycles. The van der Waals surface area contributed by atoms with Crippen LogP contribution >= 0.6 is 0 Å². The average molecular weight is 302 g/mol. The Labute approximate surface area is 120 Å². The number of hydrogen-bond acceptors (Lipinski definition) is 3. The van der Waals surface area contributed by atoms with Gasteiger partial charge in [0.25, 0.3) is 5.91 Å². The quantitative estimate of drug-likeness (QED) is 0.872. The highest BCUT2D eigenvalue weighted by molar-refractivity contribution is 5.95. The first kappa shape index (κ1) is 15.5. The summed E-state index contributed by atoms with van der Waals surface area (Å²) < 4.78 is 40.3. The highest BCUT2D eigenvalue weighted by Crippen LogP contribution is 2.30. The minimum Gasteiger partial charge on any atom is -0.404 e. The smallest absolute Gasteiger partial charge is 0.404 e. The maximum atomic E-state index is 12.3. The van der Waals surface area contributed by atoms with Gasteiger partial charge in [0, 0.05) is 18.7 Å². The fraction of sp³-hybridized carbons (Fsp3) is 0.500. The van der Waals surface area contributed by atoms with Crippen LogP contribution in [-0.4, -0.2) is 30.3 Å². The number of benzene rings is 1. The molecule has 0 aromatic heterocycles. The zero-order valence-electron chi connectivity index (χ0n) is 11.6. The number of hydrogen-bond donors (Lipinski definition) is 1. The summed E-state index contributed by atoms with van der Waals surface area (Å²) in [5, 5.41) is 0. The molecule has 0 unspecified atom stereocenters. The van der Waals surface area contributed by atoms with Gasteiger partial charge < -0.3 is 15.4 Å². The van der Waals surface area contributed by atoms with E-state index >= 15 is 0 Å². The van der Waals surface area contributed by atoms with E-state index < -0.39 is 12.1 Å². The van der Waals surface area contributed by atoms with E-state index in [1.54, 1.807) is 11.9 Å². The van der Waals surface area contributed by atoms with E-state index in [4.69, 9.17) is 5.73 Å². The molecular weight excluding hydrogens is 285 g/mol. The SMILES string of the molecule is CN(C(=O)c1ccc(OC(F)(F)F)c(N)c1)C1CCCC1. The lowest BCUT2D eigenvalue weighted by atomic mass is 10.1. The minimum atomic E-state index is -4.81. The Balaban J connectivity index is 2.13. The van der Waals surface area contributed by atoms with E-state index in [1.807, 2.05) is 0 Å². The van der Waals surface area contributed by atoms with Crippen LogP contribution in [-0.2, 0) is 0 Å². The molecule has 1 fully saturated rings. The normalized spacial score (nSPS) is 16.0. The lowest BCUT2D eigenvalue weighted by molar-refractivity contribution is -0.274. The molecule has 1 aromatic rings. The van der Waals surface area contributed by atoms with Crippen molar-refractivity contribution in [3.63, 3.8) is 0 Å². The zero-order chi connectivity index (χ0) is 15.6. The molecule has 1 aliphatic rings. The van der Waals surface area contributed by atoms with Crippen molar-refractivity contribution in [2.75, 3.05) is 12.8 Å². The number of halogens is 3. The molecule has 7 heteroatoms. The lowest BCUT2D eigenvalue weighted by Crippen LogP contribution is -2.35. The summed E-state index contributed by atoms with van der Waals surface area (Å²) in [7, 11) is 1.70. The fourth-order valence-corrected chi connectivity index (χ4v) is 2.56. The van der Waals surface area contributed by atoms with Crippen LogP contribution in [0.2, 0.25) is 0 Å². The number of ether oxygens (including phenoxy) is 1. The maximum absolute atomic E-state index is 12.3. The molecule has 0 atom stereocenters. The van der Waals surface area contributed by atoms with Crippen molar-refractivity contribution >= 4 is 11.6 Å². The summed E-state index contributed by atoms with van der Waals surface area (Å²) >= 11 is 0. The van der Waals surface area contributed by atoms with Crippen LogP contribution in [0.15, 0.2) is 18.2 Å². The molecule has 0 heterocycles. The Morgan fingerprint density at radius 2 is 1.95 bits per heavy atom. The van der Waals surface area contributed by atoms with Gasteiger partial charge in [0.1, 0.15) is 0 Å². The largest absolute Gasteiger partial charge is 0.573 e. The lowest BCUT2D eigenvalue weighted by Gasteiger charge is -2.24. The summed E-state index contributed by atoms with van der Waals surface area (Å²) in [6.45, 7) is 0. The number of nitrogens with two attached hydrogens (primary N) is 1. The van der Waals surface area contributed by atoms with Crippen LogP contribution < -0.4 is 10.5 Å². The van der Waals surface area contributed by atoms with Crippen molar-refractivity contribution < 1.29 is 22.7 Å². The topological polar surface area (TPSA) is 55.6 Å². The van der Waals surface area contributed by atoms with Crippen LogP contribution in [0.25, 0.3) is 0 Å². The van der Waals surface area contributed by atoms with Crippen LogP contribution in [0.3, 0.4) is 0 Å². The molecule has 2 N–H and O–H groups in total. The number of anilines is 1. The van der Waals surface area contributed by atoms with E-state index in [0.29, 0.717) is 0 Å². The van der Waals surface area contributed by atoms with E-state index in [9.17, 15) is 18.0 Å². The van der Waals surface area contributed by atoms with Gasteiger partial charge in [-0.05, 0) is 31.0 Å². The Morgan fingerprint density at radius 1 is 1.33 bits per heavy atom. The van der Waals surface area contributed by atoms with E-state index in [0.717, 1.165) is 31.7 Å². The minimum absolute atomic E-state index is 0.185. The number of carbonyl (C=O) groups is 1. The summed E-state index contributed by atoms with van der Waals surface area (Å²) in [6, 6.07) is 3.77. The highest BCUT2D eigenvalue weighted by atomic mass is 19.4. The van der Waals surface area contributed by atoms with Crippen LogP contribution in [0.5, 0.6) is 5.75 Å². The first-order chi connectivity index (χ1) is 9.78. The third-order valence-electron chi connectivity index (χ3n) is 3.68. The van der Waals surface area contributed by atoms with Crippen molar-refractivity contribution in [3.05, 3.63) is 23.8 Å². The maximum Gasteiger partial charge on any atom is 0.573 e. The number of carbonyl (C=O) groups excluding carboxylic acids is 1. The second-order valence-electron chi connectivity index (χ2n) is 5.15. The fourth-order valence-electron chi connectivity index (χ4n) is 2.56. The number of alkyl halides is 3. The number of nitrogen functional groups attached to an aromatic ring is 1. The Bertz CT molecular complexity index is 525. The molecule has 0 spiro atoms. The Morgan fingerprint density at radius 3 is 2.48 bits per heavy atom. The second kappa shape index (κ2) is 5.83. The highest BCUT2D eigenvalue weighted by Gasteiger charge is 2.32. The van der Waals surface area contributed by atoms with Crippen molar-refractivity contribution in [2.24, 2.45) is 0 Å². The van der Waals surface area contributed by atoms with Gasteiger partial charge in [0.15, 0.2) is 5.75 Å². The summed E-state index contributed by atoms with van der Waals surface area (Å²) in [6.07, 6.45) is -0.730. The number of nitrogens with zero attached hydrogens (tertiary/aromatic N) is 1. The molecule has 21 heavy (non-hydrogen) atoms. The molecule has 0 saturated heterocycles. The average Bonchev–Trinajstić information content (AvgIpc) is 2.92. The third kappa shape index (κ3) is 3.80. The first-order valence-corrected chi connectivity index (χ1v) is 6.70. The monoisotopic (exact) mass is 302 g/mol. The van der Waals surface area contributed by atoms with Crippen LogP contribution in [0.4, 0.5) is 18.9 Å². The van der Waals surface area contributed by atoms with Crippen molar-refractivity contribution in [1.82, 2.24) is 4.90 Å². The van der Waals surface area contributed by atoms with Gasteiger partial charge in [0.05, 0.1) is 5.69 Å². The van der Waals surface area contributed by atoms with Gasteiger partial charge in [0.2, 0.25) is 0 Å². The summed E-state index contributed by atoms with van der Waals surface area (Å²) in [5.41, 5.74) is 5.57. The van der Waals surface area contributed by atoms with Crippen molar-refractivity contribution in [2.45, 2.75) is 38.1 Å². The molecule has 4 nitrogen and oxygen atoms in total. The number of amides is 1. The molecule has 2 rings (SSSR count). The Kier molecular flexibility index (Phi) is 4.29. The first-order valence-electron chi connectivity index (χ1n) is 6.70. The predicted octanol–water partition coefficient (Wildman–Crippen LogP) is 3.18. The van der Waals surface area contributed by atoms with E-state index in [1.165, 1.54) is 12.1 Å². The molecule has 1 aromatic carbocycles. The molecule has 1 aliphatic carbocycles. The van der Waals surface area contributed by atoms with Gasteiger partial charge in [-0.2, -0.15) is 0 Å². The molecule has 0 bridgehead atoms. The molecule has 0 aliphatic heterocycles. The van der Waals surface area contributed by atoms with Crippen molar-refractivity contribution in [1.29, 1.82) is 0 Å². The van der Waals surface area contributed by atoms with E-state index in [2.05, 4.69) is 4.74 Å². The molecule has 1 amide bonds. The van der Waals surface area contributed by atoms with Gasteiger partial charge in [-0.3, -0.25) is 4.79 Å².